The van der Waals surface area contributed by atoms with E-state index in [-0.39, 0.29) is 6.10 Å². The van der Waals surface area contributed by atoms with E-state index in [1.807, 2.05) is 36.0 Å². The van der Waals surface area contributed by atoms with Crippen molar-refractivity contribution in [1.82, 2.24) is 0 Å². The maximum absolute atomic E-state index is 10.0. The first-order chi connectivity index (χ1) is 8.25. The van der Waals surface area contributed by atoms with Crippen molar-refractivity contribution in [2.75, 3.05) is 17.2 Å². The van der Waals surface area contributed by atoms with E-state index in [4.69, 9.17) is 5.73 Å². The zero-order valence-electron chi connectivity index (χ0n) is 10.1. The molecule has 1 aromatic carbocycles. The van der Waals surface area contributed by atoms with E-state index < -0.39 is 0 Å². The van der Waals surface area contributed by atoms with Gasteiger partial charge in [0, 0.05) is 11.4 Å². The van der Waals surface area contributed by atoms with Crippen LogP contribution in [-0.4, -0.2) is 16.6 Å². The van der Waals surface area contributed by atoms with Crippen LogP contribution in [0.4, 0.5) is 5.69 Å². The van der Waals surface area contributed by atoms with Crippen molar-refractivity contribution in [3.05, 3.63) is 29.8 Å². The Morgan fingerprint density at radius 1 is 1.24 bits per heavy atom. The monoisotopic (exact) mass is 251 g/mol. The average molecular weight is 251 g/mol. The number of aliphatic hydroxyl groups is 1. The van der Waals surface area contributed by atoms with Crippen LogP contribution in [0.1, 0.15) is 37.4 Å². The number of anilines is 1. The number of rotatable bonds is 5. The van der Waals surface area contributed by atoms with Crippen molar-refractivity contribution in [3.63, 3.8) is 0 Å². The lowest BCUT2D eigenvalue weighted by Crippen LogP contribution is -2.04. The van der Waals surface area contributed by atoms with Gasteiger partial charge in [-0.25, -0.2) is 0 Å². The molecule has 1 aliphatic carbocycles. The van der Waals surface area contributed by atoms with Crippen LogP contribution < -0.4 is 5.73 Å². The lowest BCUT2D eigenvalue weighted by Gasteiger charge is -2.13. The average Bonchev–Trinajstić information content (AvgIpc) is 2.83. The standard InChI is InChI=1S/C14H21NOS/c15-13-7-5-12(6-8-13)14(16)10-17-9-11-3-1-2-4-11/h5-8,11,14,16H,1-4,9-10,15H2. The first-order valence-corrected chi connectivity index (χ1v) is 7.52. The molecular formula is C14H21NOS. The van der Waals surface area contributed by atoms with Crippen molar-refractivity contribution in [2.24, 2.45) is 5.92 Å². The van der Waals surface area contributed by atoms with Gasteiger partial charge >= 0.3 is 0 Å². The Balaban J connectivity index is 1.72. The number of benzene rings is 1. The molecule has 0 amide bonds. The van der Waals surface area contributed by atoms with Gasteiger partial charge in [-0.05, 0) is 42.2 Å². The minimum atomic E-state index is -0.359. The summed E-state index contributed by atoms with van der Waals surface area (Å²) in [5.41, 5.74) is 7.34. The largest absolute Gasteiger partial charge is 0.399 e. The smallest absolute Gasteiger partial charge is 0.0880 e. The molecule has 0 bridgehead atoms. The normalized spacial score (nSPS) is 18.4. The van der Waals surface area contributed by atoms with Gasteiger partial charge in [-0.2, -0.15) is 11.8 Å². The summed E-state index contributed by atoms with van der Waals surface area (Å²) in [4.78, 5) is 0. The number of hydrogen-bond acceptors (Lipinski definition) is 3. The summed E-state index contributed by atoms with van der Waals surface area (Å²) in [7, 11) is 0. The maximum Gasteiger partial charge on any atom is 0.0880 e. The molecule has 0 heterocycles. The van der Waals surface area contributed by atoms with Gasteiger partial charge in [0.1, 0.15) is 0 Å². The Morgan fingerprint density at radius 2 is 1.88 bits per heavy atom. The van der Waals surface area contributed by atoms with Gasteiger partial charge in [0.2, 0.25) is 0 Å². The van der Waals surface area contributed by atoms with Crippen molar-refractivity contribution >= 4 is 17.4 Å². The van der Waals surface area contributed by atoms with Crippen molar-refractivity contribution in [1.29, 1.82) is 0 Å². The molecule has 94 valence electrons. The summed E-state index contributed by atoms with van der Waals surface area (Å²) in [6.07, 6.45) is 5.19. The minimum absolute atomic E-state index is 0.359. The minimum Gasteiger partial charge on any atom is -0.399 e. The molecule has 3 heteroatoms. The third-order valence-electron chi connectivity index (χ3n) is 3.43. The number of thioether (sulfide) groups is 1. The van der Waals surface area contributed by atoms with Gasteiger partial charge < -0.3 is 10.8 Å². The summed E-state index contributed by atoms with van der Waals surface area (Å²) in [6, 6.07) is 7.52. The first kappa shape index (κ1) is 12.8. The molecule has 1 aliphatic rings. The molecule has 0 aliphatic heterocycles. The van der Waals surface area contributed by atoms with Gasteiger partial charge in [0.15, 0.2) is 0 Å². The quantitative estimate of drug-likeness (QED) is 0.790. The first-order valence-electron chi connectivity index (χ1n) is 6.37. The third kappa shape index (κ3) is 3.93. The highest BCUT2D eigenvalue weighted by molar-refractivity contribution is 7.99. The van der Waals surface area contributed by atoms with Gasteiger partial charge in [-0.1, -0.05) is 25.0 Å². The second kappa shape index (κ2) is 6.31. The Kier molecular flexibility index (Phi) is 4.75. The Hall–Kier alpha value is -0.670. The highest BCUT2D eigenvalue weighted by Crippen LogP contribution is 2.29. The van der Waals surface area contributed by atoms with Gasteiger partial charge in [-0.15, -0.1) is 0 Å². The SMILES string of the molecule is Nc1ccc(C(O)CSCC2CCCC2)cc1. The lowest BCUT2D eigenvalue weighted by molar-refractivity contribution is 0.204. The fraction of sp³-hybridized carbons (Fsp3) is 0.571. The molecule has 0 radical (unpaired) electrons. The Bertz CT molecular complexity index is 333. The van der Waals surface area contributed by atoms with E-state index in [1.165, 1.54) is 31.4 Å². The summed E-state index contributed by atoms with van der Waals surface area (Å²) in [6.45, 7) is 0. The summed E-state index contributed by atoms with van der Waals surface area (Å²) < 4.78 is 0. The highest BCUT2D eigenvalue weighted by Gasteiger charge is 2.15. The van der Waals surface area contributed by atoms with E-state index >= 15 is 0 Å². The molecule has 2 nitrogen and oxygen atoms in total. The molecule has 0 saturated heterocycles. The summed E-state index contributed by atoms with van der Waals surface area (Å²) in [5.74, 6) is 2.88. The van der Waals surface area contributed by atoms with Crippen LogP contribution >= 0.6 is 11.8 Å². The molecule has 2 rings (SSSR count). The second-order valence-electron chi connectivity index (χ2n) is 4.87. The number of nitrogens with two attached hydrogens (primary N) is 1. The molecule has 1 atom stereocenters. The molecular weight excluding hydrogens is 230 g/mol. The summed E-state index contributed by atoms with van der Waals surface area (Å²) >= 11 is 1.88. The van der Waals surface area contributed by atoms with E-state index in [1.54, 1.807) is 0 Å². The molecule has 0 aromatic heterocycles. The van der Waals surface area contributed by atoms with Crippen molar-refractivity contribution < 1.29 is 5.11 Å². The zero-order chi connectivity index (χ0) is 12.1. The molecule has 17 heavy (non-hydrogen) atoms. The Morgan fingerprint density at radius 3 is 2.53 bits per heavy atom. The maximum atomic E-state index is 10.0. The molecule has 0 spiro atoms. The van der Waals surface area contributed by atoms with Crippen LogP contribution in [0, 0.1) is 5.92 Å². The fourth-order valence-corrected chi connectivity index (χ4v) is 3.56. The van der Waals surface area contributed by atoms with Gasteiger partial charge in [0.25, 0.3) is 0 Å². The van der Waals surface area contributed by atoms with E-state index in [0.29, 0.717) is 0 Å². The van der Waals surface area contributed by atoms with Gasteiger partial charge in [-0.3, -0.25) is 0 Å². The third-order valence-corrected chi connectivity index (χ3v) is 4.68. The van der Waals surface area contributed by atoms with Gasteiger partial charge in [0.05, 0.1) is 6.10 Å². The van der Waals surface area contributed by atoms with Crippen molar-refractivity contribution in [3.8, 4) is 0 Å². The van der Waals surface area contributed by atoms with Crippen LogP contribution in [0.5, 0.6) is 0 Å². The molecule has 1 fully saturated rings. The van der Waals surface area contributed by atoms with E-state index in [0.717, 1.165) is 22.9 Å². The molecule has 1 saturated carbocycles. The topological polar surface area (TPSA) is 46.2 Å². The number of aliphatic hydroxyl groups excluding tert-OH is 1. The van der Waals surface area contributed by atoms with Crippen LogP contribution in [0.15, 0.2) is 24.3 Å². The van der Waals surface area contributed by atoms with E-state index in [9.17, 15) is 5.11 Å². The lowest BCUT2D eigenvalue weighted by atomic mass is 10.1. The number of nitrogen functional groups attached to an aromatic ring is 1. The highest BCUT2D eigenvalue weighted by atomic mass is 32.2. The van der Waals surface area contributed by atoms with Crippen LogP contribution in [0.25, 0.3) is 0 Å². The predicted molar refractivity (Wildman–Crippen MR) is 75.1 cm³/mol. The molecule has 3 N–H and O–H groups in total. The van der Waals surface area contributed by atoms with Crippen LogP contribution in [-0.2, 0) is 0 Å². The molecule has 1 aromatic rings. The second-order valence-corrected chi connectivity index (χ2v) is 5.95. The predicted octanol–water partition coefficient (Wildman–Crippen LogP) is 3.23. The van der Waals surface area contributed by atoms with Crippen LogP contribution in [0.2, 0.25) is 0 Å². The molecule has 1 unspecified atom stereocenters. The summed E-state index contributed by atoms with van der Waals surface area (Å²) in [5, 5.41) is 10.0. The fourth-order valence-electron chi connectivity index (χ4n) is 2.34. The van der Waals surface area contributed by atoms with Crippen molar-refractivity contribution in [2.45, 2.75) is 31.8 Å². The zero-order valence-corrected chi connectivity index (χ0v) is 11.0. The Labute approximate surface area is 108 Å². The number of hydrogen-bond donors (Lipinski definition) is 2. The van der Waals surface area contributed by atoms with Crippen LogP contribution in [0.3, 0.4) is 0 Å². The van der Waals surface area contributed by atoms with E-state index in [2.05, 4.69) is 0 Å².